The maximum atomic E-state index is 13.7. The molecule has 610 valence electrons. The van der Waals surface area contributed by atoms with Crippen LogP contribution in [0.25, 0.3) is 12.2 Å². The number of benzene rings is 3. The molecule has 39 heteroatoms. The molecule has 5 aromatic rings. The summed E-state index contributed by atoms with van der Waals surface area (Å²) in [5.41, 5.74) is 9.05. The molecule has 2 aliphatic heterocycles. The smallest absolute Gasteiger partial charge is 0.472 e. The van der Waals surface area contributed by atoms with Crippen molar-refractivity contribution in [2.24, 2.45) is 11.5 Å². The monoisotopic (exact) mass is 1600 g/mol. The molecule has 0 saturated carbocycles. The lowest BCUT2D eigenvalue weighted by atomic mass is 9.80. The van der Waals surface area contributed by atoms with E-state index in [2.05, 4.69) is 41.2 Å². The molecule has 7 rings (SSSR count). The Morgan fingerprint density at radius 3 is 1.57 bits per heavy atom. The van der Waals surface area contributed by atoms with Gasteiger partial charge in [0.15, 0.2) is 0 Å². The molecule has 2 aromatic heterocycles. The van der Waals surface area contributed by atoms with E-state index in [4.69, 9.17) is 53.5 Å². The van der Waals surface area contributed by atoms with Gasteiger partial charge >= 0.3 is 31.3 Å². The molecule has 111 heavy (non-hydrogen) atoms. The van der Waals surface area contributed by atoms with Crippen LogP contribution in [0, 0.1) is 11.3 Å². The molecular weight excluding hydrogens is 1500 g/mol. The van der Waals surface area contributed by atoms with Crippen LogP contribution in [-0.2, 0) is 66.4 Å². The highest BCUT2D eigenvalue weighted by Gasteiger charge is 2.46. The number of rotatable bonds is 43. The molecule has 2 fully saturated rings. The van der Waals surface area contributed by atoms with Gasteiger partial charge < -0.3 is 75.1 Å². The van der Waals surface area contributed by atoms with E-state index in [0.717, 1.165) is 34.4 Å². The van der Waals surface area contributed by atoms with E-state index in [0.29, 0.717) is 50.8 Å². The number of nitrogens with one attached hydrogen (secondary N) is 6. The van der Waals surface area contributed by atoms with Crippen LogP contribution in [-0.4, -0.2) is 232 Å². The summed E-state index contributed by atoms with van der Waals surface area (Å²) in [6.45, 7) is 12.6. The number of carbonyl (C=O) groups excluding carboxylic acids is 4. The van der Waals surface area contributed by atoms with E-state index in [1.807, 2.05) is 111 Å². The van der Waals surface area contributed by atoms with Crippen molar-refractivity contribution in [3.63, 3.8) is 0 Å². The summed E-state index contributed by atoms with van der Waals surface area (Å²) in [6.07, 6.45) is -2.99. The summed E-state index contributed by atoms with van der Waals surface area (Å²) >= 11 is 0. The number of H-pyrrole nitrogens is 2. The lowest BCUT2D eigenvalue weighted by Gasteiger charge is -2.39. The fourth-order valence-corrected chi connectivity index (χ4v) is 14.4. The summed E-state index contributed by atoms with van der Waals surface area (Å²) in [7, 11) is -0.566. The molecule has 0 radical (unpaired) electrons. The third-order valence-electron chi connectivity index (χ3n) is 17.3. The molecule has 11 N–H and O–H groups in total. The van der Waals surface area contributed by atoms with E-state index >= 15 is 0 Å². The molecule has 34 nitrogen and oxygen atoms in total. The number of phosphoric ester groups is 1. The molecule has 4 heterocycles. The zero-order valence-electron chi connectivity index (χ0n) is 63.4. The highest BCUT2D eigenvalue weighted by molar-refractivity contribution is 7.47. The summed E-state index contributed by atoms with van der Waals surface area (Å²) < 4.78 is 113. The number of nitriles is 1. The minimum Gasteiger partial charge on any atom is -0.497 e. The van der Waals surface area contributed by atoms with Gasteiger partial charge in [0.1, 0.15) is 47.9 Å². The number of alkyl halides is 3. The van der Waals surface area contributed by atoms with Crippen LogP contribution in [0.15, 0.2) is 123 Å². The lowest BCUT2D eigenvalue weighted by molar-refractivity contribution is -0.173. The first-order valence-electron chi connectivity index (χ1n) is 35.6. The molecule has 4 amide bonds. The van der Waals surface area contributed by atoms with Gasteiger partial charge in [-0.25, -0.2) is 18.8 Å². The predicted octanol–water partition coefficient (Wildman–Crippen LogP) is 3.71. The number of carbonyl (C=O) groups is 4. The number of ether oxygens (including phenoxy) is 6. The number of nitrogens with zero attached hydrogens (tertiary/aromatic N) is 6. The number of aromatic nitrogens is 4. The number of amides is 4. The van der Waals surface area contributed by atoms with Crippen molar-refractivity contribution in [2.45, 2.75) is 115 Å². The first-order valence-corrected chi connectivity index (χ1v) is 38.2. The summed E-state index contributed by atoms with van der Waals surface area (Å²) in [6, 6.07) is 26.7. The maximum Gasteiger partial charge on any atom is 0.472 e. The average molecular weight is 1600 g/mol. The van der Waals surface area contributed by atoms with Gasteiger partial charge in [0.05, 0.1) is 63.8 Å². The number of aromatic amines is 2. The van der Waals surface area contributed by atoms with Crippen molar-refractivity contribution in [1.82, 2.24) is 54.8 Å². The first kappa shape index (κ1) is 91.2. The van der Waals surface area contributed by atoms with Gasteiger partial charge in [-0.3, -0.25) is 66.7 Å². The van der Waals surface area contributed by atoms with Crippen LogP contribution >= 0.6 is 16.3 Å². The Morgan fingerprint density at radius 2 is 1.14 bits per heavy atom. The molecule has 2 saturated heterocycles. The highest BCUT2D eigenvalue weighted by atomic mass is 31.2. The summed E-state index contributed by atoms with van der Waals surface area (Å²) in [5.74, 6) is -2.21. The Labute approximate surface area is 641 Å². The quantitative estimate of drug-likeness (QED) is 0.0116. The van der Waals surface area contributed by atoms with E-state index in [1.165, 1.54) is 49.2 Å². The Balaban J connectivity index is 0.000000445. The number of hydrogen-bond donors (Lipinski definition) is 9. The largest absolute Gasteiger partial charge is 0.497 e. The van der Waals surface area contributed by atoms with Crippen molar-refractivity contribution in [2.75, 3.05) is 127 Å². The van der Waals surface area contributed by atoms with Crippen LogP contribution in [0.1, 0.15) is 94.2 Å². The molecule has 0 aliphatic carbocycles. The number of phosphoric acid groups is 1. The van der Waals surface area contributed by atoms with Crippen molar-refractivity contribution in [3.8, 4) is 17.6 Å². The molecular formula is C72H101F3N14O20P2. The Hall–Kier alpha value is -8.64. The second-order valence-electron chi connectivity index (χ2n) is 25.7. The van der Waals surface area contributed by atoms with Crippen LogP contribution in [0.4, 0.5) is 13.2 Å². The standard InChI is InChI=1S/C52H66F3N8O11P.C20H35N6O9P/c1-35(2)63(36(3)4)75(72-31-11-24-56)74-44-32-47(73-45(44)34-71-51(39-12-9-8-10-13-39,40-15-19-42(69-6)20-16-40)41-17-21-43(70-7)22-18-41)62-33-38(48(66)60-50(62)68)14-23-46(65)58-26-29-61(28-25-57-37(5)64)30-27-59-49(67)52(53,54)55;1-32-13-16-15(35-36(30,31)33-2)11-18(34-16)26-12-14(19(28)24-20(26)29)3-4-17(27)23-7-10-25(8-5-21)9-6-22/h8-10,12-23,33,35-36,44-45,47H,11,25-32,34H2,1-7H3,(H,57,64)(H,58,65)(H,59,67)(H,60,66,68);3-4,12,15-16,18H,5-11,13,21-22H2,1-2H3,(H,23,27)(H,30,31)(H,24,28,29)/b23-14+;4-3+. The Kier molecular flexibility index (Phi) is 37.1. The fraction of sp³-hybridized carbons (Fsp3) is 0.514. The van der Waals surface area contributed by atoms with Gasteiger partial charge in [0, 0.05) is 149 Å². The van der Waals surface area contributed by atoms with Crippen LogP contribution in [0.2, 0.25) is 0 Å². The van der Waals surface area contributed by atoms with Gasteiger partial charge in [-0.05, 0) is 80.8 Å². The normalized spacial score (nSPS) is 18.1. The van der Waals surface area contributed by atoms with E-state index in [9.17, 15) is 66.2 Å². The zero-order valence-corrected chi connectivity index (χ0v) is 65.2. The first-order chi connectivity index (χ1) is 52.9. The van der Waals surface area contributed by atoms with Gasteiger partial charge in [-0.2, -0.15) is 18.4 Å². The van der Waals surface area contributed by atoms with Gasteiger partial charge in [-0.15, -0.1) is 0 Å². The SMILES string of the molecule is COCC1OC(n2cc(/C=C/C(=O)NCCN(CCN)CCN)c(=O)[nH]c2=O)CC1OP(=O)(O)OC.COc1ccc(C(OCC2OC(n3cc(/C=C/C(=O)NCCN(CCNC(C)=O)CCNC(=O)C(F)(F)F)c(=O)[nH]c3=O)CC2OP(OCCC#N)N(C(C)C)C(C)C)(c2ccccc2)c2ccc(OC)cc2)cc1. The summed E-state index contributed by atoms with van der Waals surface area (Å²) in [4.78, 5) is 117. The summed E-state index contributed by atoms with van der Waals surface area (Å²) in [5, 5.41) is 19.2. The number of nitrogens with two attached hydrogens (primary N) is 2. The molecule has 8 atom stereocenters. The minimum atomic E-state index is -5.05. The minimum absolute atomic E-state index is 0.000370. The molecule has 8 unspecified atom stereocenters. The topological polar surface area (TPSA) is 441 Å². The maximum absolute atomic E-state index is 13.7. The second-order valence-corrected chi connectivity index (χ2v) is 28.7. The molecule has 0 spiro atoms. The second kappa shape index (κ2) is 45.2. The number of methoxy groups -OCH3 is 3. The lowest BCUT2D eigenvalue weighted by Crippen LogP contribution is -2.44. The fourth-order valence-electron chi connectivity index (χ4n) is 12.0. The number of hydrogen-bond acceptors (Lipinski definition) is 25. The van der Waals surface area contributed by atoms with Crippen LogP contribution in [0.5, 0.6) is 11.5 Å². The van der Waals surface area contributed by atoms with E-state index < -0.39 is 105 Å². The zero-order chi connectivity index (χ0) is 81.4. The number of halogens is 3. The molecule has 2 aliphatic rings. The third kappa shape index (κ3) is 27.9. The Morgan fingerprint density at radius 1 is 0.685 bits per heavy atom. The van der Waals surface area contributed by atoms with Crippen LogP contribution < -0.4 is 64.7 Å². The highest BCUT2D eigenvalue weighted by Crippen LogP contribution is 2.51. The van der Waals surface area contributed by atoms with Crippen molar-refractivity contribution in [1.29, 1.82) is 5.26 Å². The third-order valence-corrected chi connectivity index (χ3v) is 20.4. The van der Waals surface area contributed by atoms with Crippen LogP contribution in [0.3, 0.4) is 0 Å². The van der Waals surface area contributed by atoms with E-state index in [1.54, 1.807) is 24.4 Å². The van der Waals surface area contributed by atoms with Gasteiger partial charge in [-0.1, -0.05) is 54.6 Å². The van der Waals surface area contributed by atoms with E-state index in [-0.39, 0.29) is 107 Å². The average Bonchev–Trinajstić information content (AvgIpc) is 1.07. The van der Waals surface area contributed by atoms with Crippen molar-refractivity contribution in [3.05, 3.63) is 173 Å². The van der Waals surface area contributed by atoms with Crippen molar-refractivity contribution < 1.29 is 88.3 Å². The van der Waals surface area contributed by atoms with Gasteiger partial charge in [0.2, 0.25) is 17.7 Å². The molecule has 0 bridgehead atoms. The van der Waals surface area contributed by atoms with Gasteiger partial charge in [0.25, 0.3) is 19.6 Å². The van der Waals surface area contributed by atoms with Crippen molar-refractivity contribution >= 4 is 52.1 Å². The molecule has 3 aromatic carbocycles. The Bertz CT molecular complexity index is 4120. The predicted molar refractivity (Wildman–Crippen MR) is 404 cm³/mol.